The second-order valence-electron chi connectivity index (χ2n) is 5.22. The van der Waals surface area contributed by atoms with Crippen LogP contribution in [0.5, 0.6) is 5.75 Å². The van der Waals surface area contributed by atoms with Crippen LogP contribution in [0.2, 0.25) is 0 Å². The Bertz CT molecular complexity index is 559. The lowest BCUT2D eigenvalue weighted by Crippen LogP contribution is -2.28. The first kappa shape index (κ1) is 13.1. The molecule has 3 rings (SSSR count). The van der Waals surface area contributed by atoms with E-state index in [1.807, 2.05) is 12.1 Å². The van der Waals surface area contributed by atoms with Crippen molar-refractivity contribution in [1.29, 1.82) is 0 Å². The molecule has 2 aromatic rings. The topological polar surface area (TPSA) is 34.1 Å². The van der Waals surface area contributed by atoms with Gasteiger partial charge in [0.05, 0.1) is 12.8 Å². The van der Waals surface area contributed by atoms with E-state index in [0.717, 1.165) is 30.1 Å². The van der Waals surface area contributed by atoms with E-state index in [1.165, 1.54) is 18.5 Å². The summed E-state index contributed by atoms with van der Waals surface area (Å²) in [6, 6.07) is 14.4. The first-order valence-corrected chi connectivity index (χ1v) is 7.19. The van der Waals surface area contributed by atoms with Gasteiger partial charge in [-0.15, -0.1) is 0 Å². The predicted molar refractivity (Wildman–Crippen MR) is 81.1 cm³/mol. The Labute approximate surface area is 120 Å². The maximum absolute atomic E-state index is 5.20. The molecule has 0 radical (unpaired) electrons. The van der Waals surface area contributed by atoms with Crippen molar-refractivity contribution in [2.24, 2.45) is 0 Å². The number of nitrogens with one attached hydrogen (secondary N) is 1. The molecule has 2 heterocycles. The molecule has 1 saturated heterocycles. The van der Waals surface area contributed by atoms with Crippen molar-refractivity contribution in [2.45, 2.75) is 18.8 Å². The first-order valence-electron chi connectivity index (χ1n) is 7.19. The minimum atomic E-state index is 0.543. The highest BCUT2D eigenvalue weighted by molar-refractivity contribution is 5.60. The van der Waals surface area contributed by atoms with Gasteiger partial charge >= 0.3 is 0 Å². The van der Waals surface area contributed by atoms with Crippen LogP contribution in [0.1, 0.15) is 24.5 Å². The van der Waals surface area contributed by atoms with Gasteiger partial charge < -0.3 is 10.1 Å². The normalized spacial score (nSPS) is 18.8. The molecule has 1 aliphatic heterocycles. The zero-order valence-electron chi connectivity index (χ0n) is 11.8. The van der Waals surface area contributed by atoms with Gasteiger partial charge in [-0.3, -0.25) is 4.98 Å². The van der Waals surface area contributed by atoms with Crippen LogP contribution in [0.15, 0.2) is 42.5 Å². The van der Waals surface area contributed by atoms with Crippen molar-refractivity contribution in [3.63, 3.8) is 0 Å². The summed E-state index contributed by atoms with van der Waals surface area (Å²) >= 11 is 0. The van der Waals surface area contributed by atoms with Crippen LogP contribution in [0.25, 0.3) is 11.3 Å². The summed E-state index contributed by atoms with van der Waals surface area (Å²) in [7, 11) is 1.68. The molecule has 0 amide bonds. The average molecular weight is 268 g/mol. The van der Waals surface area contributed by atoms with Crippen LogP contribution in [0, 0.1) is 0 Å². The second kappa shape index (κ2) is 6.06. The maximum Gasteiger partial charge on any atom is 0.118 e. The highest BCUT2D eigenvalue weighted by Gasteiger charge is 2.16. The molecule has 1 atom stereocenters. The van der Waals surface area contributed by atoms with Crippen LogP contribution in [0.3, 0.4) is 0 Å². The second-order valence-corrected chi connectivity index (χ2v) is 5.22. The zero-order chi connectivity index (χ0) is 13.8. The Kier molecular flexibility index (Phi) is 3.97. The molecule has 0 saturated carbocycles. The fraction of sp³-hybridized carbons (Fsp3) is 0.353. The first-order chi connectivity index (χ1) is 9.86. The smallest absolute Gasteiger partial charge is 0.118 e. The van der Waals surface area contributed by atoms with Crippen molar-refractivity contribution >= 4 is 0 Å². The van der Waals surface area contributed by atoms with Gasteiger partial charge in [0.15, 0.2) is 0 Å². The molecule has 1 aromatic carbocycles. The summed E-state index contributed by atoms with van der Waals surface area (Å²) in [4.78, 5) is 4.84. The van der Waals surface area contributed by atoms with Gasteiger partial charge in [0.25, 0.3) is 0 Å². The summed E-state index contributed by atoms with van der Waals surface area (Å²) in [5.41, 5.74) is 3.37. The molecule has 1 N–H and O–H groups in total. The fourth-order valence-electron chi connectivity index (χ4n) is 2.71. The number of hydrogen-bond donors (Lipinski definition) is 1. The quantitative estimate of drug-likeness (QED) is 0.928. The van der Waals surface area contributed by atoms with Crippen molar-refractivity contribution in [3.05, 3.63) is 48.2 Å². The van der Waals surface area contributed by atoms with E-state index in [1.54, 1.807) is 7.11 Å². The molecule has 1 aromatic heterocycles. The van der Waals surface area contributed by atoms with Crippen molar-refractivity contribution in [2.75, 3.05) is 20.2 Å². The number of rotatable bonds is 3. The summed E-state index contributed by atoms with van der Waals surface area (Å²) in [5, 5.41) is 3.45. The predicted octanol–water partition coefficient (Wildman–Crippen LogP) is 3.22. The van der Waals surface area contributed by atoms with Crippen LogP contribution >= 0.6 is 0 Å². The lowest BCUT2D eigenvalue weighted by molar-refractivity contribution is 0.415. The SMILES string of the molecule is COc1ccc(-c2cccc([C@H]3CCCNC3)n2)cc1. The van der Waals surface area contributed by atoms with E-state index in [9.17, 15) is 0 Å². The van der Waals surface area contributed by atoms with Gasteiger partial charge in [-0.2, -0.15) is 0 Å². The Morgan fingerprint density at radius 2 is 2.00 bits per heavy atom. The third kappa shape index (κ3) is 2.83. The molecular weight excluding hydrogens is 248 g/mol. The molecule has 104 valence electrons. The molecule has 0 bridgehead atoms. The maximum atomic E-state index is 5.20. The van der Waals surface area contributed by atoms with Crippen LogP contribution in [-0.4, -0.2) is 25.2 Å². The van der Waals surface area contributed by atoms with Gasteiger partial charge in [0, 0.05) is 23.7 Å². The minimum Gasteiger partial charge on any atom is -0.497 e. The van der Waals surface area contributed by atoms with Gasteiger partial charge in [-0.05, 0) is 55.8 Å². The largest absolute Gasteiger partial charge is 0.497 e. The van der Waals surface area contributed by atoms with Crippen molar-refractivity contribution in [1.82, 2.24) is 10.3 Å². The van der Waals surface area contributed by atoms with Gasteiger partial charge in [0.1, 0.15) is 5.75 Å². The minimum absolute atomic E-state index is 0.543. The highest BCUT2D eigenvalue weighted by atomic mass is 16.5. The van der Waals surface area contributed by atoms with Gasteiger partial charge in [0.2, 0.25) is 0 Å². The Morgan fingerprint density at radius 1 is 1.15 bits per heavy atom. The molecule has 20 heavy (non-hydrogen) atoms. The number of aromatic nitrogens is 1. The van der Waals surface area contributed by atoms with E-state index < -0.39 is 0 Å². The van der Waals surface area contributed by atoms with Crippen LogP contribution in [0.4, 0.5) is 0 Å². The number of ether oxygens (including phenoxy) is 1. The number of hydrogen-bond acceptors (Lipinski definition) is 3. The molecule has 0 aliphatic carbocycles. The highest BCUT2D eigenvalue weighted by Crippen LogP contribution is 2.25. The third-order valence-electron chi connectivity index (χ3n) is 3.87. The van der Waals surface area contributed by atoms with E-state index in [0.29, 0.717) is 5.92 Å². The fourth-order valence-corrected chi connectivity index (χ4v) is 2.71. The molecule has 3 heteroatoms. The Balaban J connectivity index is 1.85. The molecular formula is C17H20N2O. The van der Waals surface area contributed by atoms with Crippen molar-refractivity contribution < 1.29 is 4.74 Å². The third-order valence-corrected chi connectivity index (χ3v) is 3.87. The lowest BCUT2D eigenvalue weighted by Gasteiger charge is -2.22. The Hall–Kier alpha value is -1.87. The average Bonchev–Trinajstić information content (AvgIpc) is 2.56. The molecule has 1 fully saturated rings. The van der Waals surface area contributed by atoms with Crippen molar-refractivity contribution in [3.8, 4) is 17.0 Å². The summed E-state index contributed by atoms with van der Waals surface area (Å²) < 4.78 is 5.20. The van der Waals surface area contributed by atoms with Gasteiger partial charge in [-0.1, -0.05) is 6.07 Å². The summed E-state index contributed by atoms with van der Waals surface area (Å²) in [5.74, 6) is 1.42. The van der Waals surface area contributed by atoms with E-state index in [2.05, 4.69) is 35.6 Å². The monoisotopic (exact) mass is 268 g/mol. The zero-order valence-corrected chi connectivity index (χ0v) is 11.8. The van der Waals surface area contributed by atoms with Crippen LogP contribution < -0.4 is 10.1 Å². The van der Waals surface area contributed by atoms with E-state index >= 15 is 0 Å². The number of methoxy groups -OCH3 is 1. The summed E-state index contributed by atoms with van der Waals surface area (Å²) in [6.07, 6.45) is 2.46. The lowest BCUT2D eigenvalue weighted by atomic mass is 9.95. The molecule has 0 unspecified atom stereocenters. The molecule has 1 aliphatic rings. The molecule has 0 spiro atoms. The summed E-state index contributed by atoms with van der Waals surface area (Å²) in [6.45, 7) is 2.17. The molecule has 3 nitrogen and oxygen atoms in total. The van der Waals surface area contributed by atoms with Crippen LogP contribution in [-0.2, 0) is 0 Å². The van der Waals surface area contributed by atoms with Gasteiger partial charge in [-0.25, -0.2) is 0 Å². The number of piperidine rings is 1. The number of pyridine rings is 1. The standard InChI is InChI=1S/C17H20N2O/c1-20-15-9-7-13(8-10-15)16-5-2-6-17(19-16)14-4-3-11-18-12-14/h2,5-10,14,18H,3-4,11-12H2,1H3/t14-/m0/s1. The number of benzene rings is 1. The number of nitrogens with zero attached hydrogens (tertiary/aromatic N) is 1. The van der Waals surface area contributed by atoms with E-state index in [-0.39, 0.29) is 0 Å². The van der Waals surface area contributed by atoms with E-state index in [4.69, 9.17) is 9.72 Å². The Morgan fingerprint density at radius 3 is 2.70 bits per heavy atom.